The van der Waals surface area contributed by atoms with Gasteiger partial charge in [-0.2, -0.15) is 13.2 Å². The van der Waals surface area contributed by atoms with Crippen molar-refractivity contribution < 1.29 is 34.8 Å². The molecule has 4 aromatic rings. The number of sulfone groups is 1. The van der Waals surface area contributed by atoms with E-state index < -0.39 is 47.1 Å². The minimum absolute atomic E-state index is 0.00816. The van der Waals surface area contributed by atoms with Crippen molar-refractivity contribution in [3.05, 3.63) is 119 Å². The minimum Gasteiger partial charge on any atom is -0.380 e. The first-order chi connectivity index (χ1) is 30.2. The van der Waals surface area contributed by atoms with Gasteiger partial charge in [-0.3, -0.25) is 9.69 Å². The van der Waals surface area contributed by atoms with E-state index in [4.69, 9.17) is 11.6 Å². The summed E-state index contributed by atoms with van der Waals surface area (Å²) in [6.07, 6.45) is 8.20. The van der Waals surface area contributed by atoms with Gasteiger partial charge >= 0.3 is 5.51 Å². The van der Waals surface area contributed by atoms with Gasteiger partial charge in [-0.1, -0.05) is 53.9 Å². The standard InChI is InChI=1S/C46H53ClF3N5O5S3/c47-37-17-13-34(14-18-37)42-12-6-5-9-36(42)32-54-27-29-55(30-28-54)39-19-15-35(16-20-39)45(56)52-63(59,60)41-21-22-43(44(31-41)62(57,58)46(48,49)50)51-38(23-26-53-24-7-2-8-25-53)33-61-40-10-3-1-4-11-40/h1,3-4,10-11,13-22,31,38,51H,2,5-9,12,23-30,32-33H2,(H,52,56)/t38-/m1/s1. The summed E-state index contributed by atoms with van der Waals surface area (Å²) < 4.78 is 97.6. The summed E-state index contributed by atoms with van der Waals surface area (Å²) in [7, 11) is -10.9. The number of anilines is 2. The quantitative estimate of drug-likeness (QED) is 0.105. The first-order valence-corrected chi connectivity index (χ1v) is 25.7. The second kappa shape index (κ2) is 20.8. The number of hydrogen-bond acceptors (Lipinski definition) is 10. The Balaban J connectivity index is 1.01. The molecule has 7 rings (SSSR count). The number of carbonyl (C=O) groups is 1. The number of nitrogens with zero attached hydrogens (tertiary/aromatic N) is 3. The van der Waals surface area contributed by atoms with Gasteiger partial charge in [0.25, 0.3) is 25.8 Å². The summed E-state index contributed by atoms with van der Waals surface area (Å²) in [6.45, 7) is 6.53. The summed E-state index contributed by atoms with van der Waals surface area (Å²) in [5.74, 6) is -0.610. The van der Waals surface area contributed by atoms with Crippen LogP contribution in [0.1, 0.15) is 67.3 Å². The molecule has 0 unspecified atom stereocenters. The fourth-order valence-electron chi connectivity index (χ4n) is 8.43. The number of allylic oxidation sites excluding steroid dienone is 1. The van der Waals surface area contributed by atoms with E-state index in [1.807, 2.05) is 47.2 Å². The largest absolute Gasteiger partial charge is 0.501 e. The monoisotopic (exact) mass is 943 g/mol. The molecule has 1 atom stereocenters. The van der Waals surface area contributed by atoms with Crippen molar-refractivity contribution in [1.29, 1.82) is 0 Å². The van der Waals surface area contributed by atoms with E-state index in [9.17, 15) is 34.8 Å². The second-order valence-corrected chi connectivity index (χ2v) is 21.4. The second-order valence-electron chi connectivity index (χ2n) is 16.3. The Morgan fingerprint density at radius 1 is 0.762 bits per heavy atom. The molecule has 3 aliphatic rings. The molecule has 2 saturated heterocycles. The summed E-state index contributed by atoms with van der Waals surface area (Å²) in [5, 5.41) is 3.74. The van der Waals surface area contributed by atoms with E-state index in [0.29, 0.717) is 24.8 Å². The highest BCUT2D eigenvalue weighted by molar-refractivity contribution is 7.99. The summed E-state index contributed by atoms with van der Waals surface area (Å²) >= 11 is 7.62. The van der Waals surface area contributed by atoms with Gasteiger partial charge in [-0.15, -0.1) is 11.8 Å². The predicted molar refractivity (Wildman–Crippen MR) is 246 cm³/mol. The lowest BCUT2D eigenvalue weighted by Crippen LogP contribution is -2.47. The van der Waals surface area contributed by atoms with Crippen molar-refractivity contribution in [2.45, 2.75) is 77.6 Å². The lowest BCUT2D eigenvalue weighted by Gasteiger charge is -2.37. The van der Waals surface area contributed by atoms with E-state index in [-0.39, 0.29) is 11.3 Å². The van der Waals surface area contributed by atoms with Gasteiger partial charge < -0.3 is 15.1 Å². The number of alkyl halides is 3. The van der Waals surface area contributed by atoms with Crippen LogP contribution in [0.15, 0.2) is 117 Å². The molecule has 0 spiro atoms. The van der Waals surface area contributed by atoms with E-state index in [2.05, 4.69) is 32.1 Å². The molecule has 0 saturated carbocycles. The maximum Gasteiger partial charge on any atom is 0.501 e. The highest BCUT2D eigenvalue weighted by Gasteiger charge is 2.48. The third-order valence-electron chi connectivity index (χ3n) is 11.9. The molecule has 2 fully saturated rings. The molecule has 1 amide bonds. The van der Waals surface area contributed by atoms with E-state index >= 15 is 0 Å². The smallest absolute Gasteiger partial charge is 0.380 e. The molecule has 0 radical (unpaired) electrons. The number of thioether (sulfide) groups is 1. The number of amides is 1. The summed E-state index contributed by atoms with van der Waals surface area (Å²) in [6, 6.07) is 26.0. The topological polar surface area (TPSA) is 119 Å². The summed E-state index contributed by atoms with van der Waals surface area (Å²) in [5.41, 5.74) is -1.13. The zero-order valence-electron chi connectivity index (χ0n) is 35.0. The Labute approximate surface area is 378 Å². The molecule has 0 aromatic heterocycles. The first-order valence-electron chi connectivity index (χ1n) is 21.4. The zero-order chi connectivity index (χ0) is 44.6. The SMILES string of the molecule is O=C(NS(=O)(=O)c1ccc(N[C@H](CCN2CCCCC2)CSc2ccccc2)c(S(=O)(=O)C(F)(F)F)c1)c1ccc(N2CCN(CC3=C(c4ccc(Cl)cc4)CCCC3)CC2)cc1. The van der Waals surface area contributed by atoms with Gasteiger partial charge in [-0.05, 0) is 136 Å². The fraction of sp³-hybridized carbons (Fsp3) is 0.413. The van der Waals surface area contributed by atoms with Crippen molar-refractivity contribution in [2.24, 2.45) is 0 Å². The van der Waals surface area contributed by atoms with E-state index in [0.717, 1.165) is 106 Å². The number of carbonyl (C=O) groups excluding carboxylic acids is 1. The van der Waals surface area contributed by atoms with Gasteiger partial charge in [0, 0.05) is 72.2 Å². The third-order valence-corrected chi connectivity index (χ3v) is 16.2. The van der Waals surface area contributed by atoms with Crippen LogP contribution in [0.3, 0.4) is 0 Å². The molecule has 17 heteroatoms. The van der Waals surface area contributed by atoms with E-state index in [1.54, 1.807) is 12.1 Å². The van der Waals surface area contributed by atoms with Crippen LogP contribution in [-0.2, 0) is 19.9 Å². The van der Waals surface area contributed by atoms with Crippen LogP contribution >= 0.6 is 23.4 Å². The molecule has 1 aliphatic carbocycles. The highest BCUT2D eigenvalue weighted by atomic mass is 35.5. The number of nitrogens with one attached hydrogen (secondary N) is 2. The maximum absolute atomic E-state index is 14.2. The predicted octanol–water partition coefficient (Wildman–Crippen LogP) is 9.35. The van der Waals surface area contributed by atoms with Crippen LogP contribution < -0.4 is 14.9 Å². The van der Waals surface area contributed by atoms with Gasteiger partial charge in [0.15, 0.2) is 0 Å². The molecule has 10 nitrogen and oxygen atoms in total. The van der Waals surface area contributed by atoms with Crippen molar-refractivity contribution in [2.75, 3.05) is 68.3 Å². The first kappa shape index (κ1) is 46.9. The average Bonchev–Trinajstić information content (AvgIpc) is 3.28. The third kappa shape index (κ3) is 12.2. The van der Waals surface area contributed by atoms with Crippen molar-refractivity contribution >= 4 is 66.1 Å². The van der Waals surface area contributed by atoms with E-state index in [1.165, 1.54) is 53.4 Å². The van der Waals surface area contributed by atoms with Crippen molar-refractivity contribution in [3.8, 4) is 0 Å². The lowest BCUT2D eigenvalue weighted by molar-refractivity contribution is -0.0435. The number of sulfonamides is 1. The molecule has 0 bridgehead atoms. The normalized spacial score (nSPS) is 17.7. The molecule has 63 heavy (non-hydrogen) atoms. The Morgan fingerprint density at radius 3 is 2.13 bits per heavy atom. The number of hydrogen-bond donors (Lipinski definition) is 2. The van der Waals surface area contributed by atoms with Crippen LogP contribution in [0.25, 0.3) is 5.57 Å². The average molecular weight is 945 g/mol. The van der Waals surface area contributed by atoms with Gasteiger partial charge in [0.2, 0.25) is 0 Å². The Bertz CT molecular complexity index is 2440. The minimum atomic E-state index is -6.03. The molecular weight excluding hydrogens is 891 g/mol. The summed E-state index contributed by atoms with van der Waals surface area (Å²) in [4.78, 5) is 19.1. The van der Waals surface area contributed by atoms with Crippen molar-refractivity contribution in [1.82, 2.24) is 14.5 Å². The Kier molecular flexibility index (Phi) is 15.5. The van der Waals surface area contributed by atoms with Crippen LogP contribution in [0.4, 0.5) is 24.5 Å². The number of halogens is 4. The van der Waals surface area contributed by atoms with Crippen LogP contribution in [0.5, 0.6) is 0 Å². The fourth-order valence-corrected chi connectivity index (χ4v) is 11.6. The molecule has 338 valence electrons. The number of likely N-dealkylation sites (tertiary alicyclic amines) is 1. The van der Waals surface area contributed by atoms with Crippen molar-refractivity contribution in [3.63, 3.8) is 0 Å². The van der Waals surface area contributed by atoms with Gasteiger partial charge in [0.05, 0.1) is 10.6 Å². The Morgan fingerprint density at radius 2 is 1.44 bits per heavy atom. The zero-order valence-corrected chi connectivity index (χ0v) is 38.2. The molecule has 2 heterocycles. The molecule has 2 aliphatic heterocycles. The van der Waals surface area contributed by atoms with Gasteiger partial charge in [-0.25, -0.2) is 21.6 Å². The highest BCUT2D eigenvalue weighted by Crippen LogP contribution is 2.37. The molecule has 4 aromatic carbocycles. The van der Waals surface area contributed by atoms with Crippen LogP contribution in [0.2, 0.25) is 5.02 Å². The Hall–Kier alpha value is -4.06. The number of piperazine rings is 1. The van der Waals surface area contributed by atoms with Gasteiger partial charge in [0.1, 0.15) is 4.90 Å². The van der Waals surface area contributed by atoms with Crippen LogP contribution in [0, 0.1) is 0 Å². The number of rotatable bonds is 16. The number of benzene rings is 4. The molecular formula is C46H53ClF3N5O5S3. The van der Waals surface area contributed by atoms with Crippen LogP contribution in [-0.4, -0.2) is 102 Å². The number of piperidine rings is 1. The molecule has 2 N–H and O–H groups in total. The maximum atomic E-state index is 14.2. The lowest BCUT2D eigenvalue weighted by atomic mass is 9.87.